The van der Waals surface area contributed by atoms with E-state index in [9.17, 15) is 9.59 Å². The van der Waals surface area contributed by atoms with E-state index in [0.29, 0.717) is 13.1 Å². The first-order valence-corrected chi connectivity index (χ1v) is 8.78. The topological polar surface area (TPSA) is 40.6 Å². The number of nitrogens with zero attached hydrogens (tertiary/aromatic N) is 2. The fourth-order valence-electron chi connectivity index (χ4n) is 3.18. The monoisotopic (exact) mass is 314 g/mol. The van der Waals surface area contributed by atoms with Crippen LogP contribution in [-0.2, 0) is 9.59 Å². The van der Waals surface area contributed by atoms with E-state index in [1.807, 2.05) is 42.3 Å². The molecule has 0 unspecified atom stereocenters. The van der Waals surface area contributed by atoms with Gasteiger partial charge in [-0.05, 0) is 37.8 Å². The fourth-order valence-corrected chi connectivity index (χ4v) is 3.18. The van der Waals surface area contributed by atoms with Gasteiger partial charge in [-0.15, -0.1) is 0 Å². The number of hydrogen-bond acceptors (Lipinski definition) is 2. The van der Waals surface area contributed by atoms with E-state index in [0.717, 1.165) is 37.8 Å². The van der Waals surface area contributed by atoms with Crippen molar-refractivity contribution >= 4 is 17.5 Å². The Kier molecular flexibility index (Phi) is 4.99. The molecule has 0 atom stereocenters. The summed E-state index contributed by atoms with van der Waals surface area (Å²) in [5, 5.41) is 0. The maximum Gasteiger partial charge on any atom is 0.230 e. The van der Waals surface area contributed by atoms with Gasteiger partial charge in [0.15, 0.2) is 0 Å². The molecule has 1 aromatic rings. The second kappa shape index (κ2) is 7.16. The van der Waals surface area contributed by atoms with E-state index in [-0.39, 0.29) is 23.7 Å². The second-order valence-electron chi connectivity index (χ2n) is 6.84. The van der Waals surface area contributed by atoms with Crippen molar-refractivity contribution < 1.29 is 9.59 Å². The lowest BCUT2D eigenvalue weighted by molar-refractivity contribution is -0.137. The van der Waals surface area contributed by atoms with Gasteiger partial charge in [0.05, 0.1) is 0 Å². The molecule has 2 amide bonds. The summed E-state index contributed by atoms with van der Waals surface area (Å²) < 4.78 is 0. The van der Waals surface area contributed by atoms with E-state index >= 15 is 0 Å². The second-order valence-corrected chi connectivity index (χ2v) is 6.84. The standard InChI is InChI=1S/C19H26N2O2/c1-20(18(22)15-7-5-8-15)13-14-21(17-11-3-2-4-12-17)19(23)16-9-6-10-16/h2-4,11-12,15-16H,5-10,13-14H2,1H3. The minimum absolute atomic E-state index is 0.169. The average Bonchev–Trinajstić information content (AvgIpc) is 2.44. The van der Waals surface area contributed by atoms with Crippen molar-refractivity contribution in [2.75, 3.05) is 25.0 Å². The maximum absolute atomic E-state index is 12.7. The molecular weight excluding hydrogens is 288 g/mol. The van der Waals surface area contributed by atoms with Gasteiger partial charge in [-0.2, -0.15) is 0 Å². The minimum atomic E-state index is 0.169. The Morgan fingerprint density at radius 1 is 0.913 bits per heavy atom. The molecule has 124 valence electrons. The van der Waals surface area contributed by atoms with Crippen LogP contribution >= 0.6 is 0 Å². The third-order valence-electron chi connectivity index (χ3n) is 5.28. The molecule has 23 heavy (non-hydrogen) atoms. The van der Waals surface area contributed by atoms with Crippen LogP contribution in [0, 0.1) is 11.8 Å². The molecule has 2 fully saturated rings. The zero-order valence-electron chi connectivity index (χ0n) is 13.9. The van der Waals surface area contributed by atoms with Gasteiger partial charge in [0.1, 0.15) is 0 Å². The predicted molar refractivity (Wildman–Crippen MR) is 91.1 cm³/mol. The van der Waals surface area contributed by atoms with Crippen molar-refractivity contribution in [3.8, 4) is 0 Å². The van der Waals surface area contributed by atoms with Crippen molar-refractivity contribution in [2.24, 2.45) is 11.8 Å². The predicted octanol–water partition coefficient (Wildman–Crippen LogP) is 3.08. The largest absolute Gasteiger partial charge is 0.344 e. The molecule has 4 heteroatoms. The molecule has 0 spiro atoms. The van der Waals surface area contributed by atoms with Crippen molar-refractivity contribution in [1.82, 2.24) is 4.90 Å². The molecule has 0 N–H and O–H groups in total. The lowest BCUT2D eigenvalue weighted by atomic mass is 9.84. The summed E-state index contributed by atoms with van der Waals surface area (Å²) in [7, 11) is 1.86. The fraction of sp³-hybridized carbons (Fsp3) is 0.579. The highest BCUT2D eigenvalue weighted by Gasteiger charge is 2.31. The van der Waals surface area contributed by atoms with Gasteiger partial charge in [0.25, 0.3) is 0 Å². The van der Waals surface area contributed by atoms with E-state index in [1.54, 1.807) is 4.90 Å². The third-order valence-corrected chi connectivity index (χ3v) is 5.28. The Balaban J connectivity index is 1.63. The van der Waals surface area contributed by atoms with Crippen LogP contribution in [-0.4, -0.2) is 36.9 Å². The minimum Gasteiger partial charge on any atom is -0.344 e. The summed E-state index contributed by atoms with van der Waals surface area (Å²) in [4.78, 5) is 28.7. The Morgan fingerprint density at radius 3 is 2.00 bits per heavy atom. The molecule has 2 aliphatic carbocycles. The van der Waals surface area contributed by atoms with Crippen LogP contribution in [0.1, 0.15) is 38.5 Å². The van der Waals surface area contributed by atoms with Gasteiger partial charge in [0.2, 0.25) is 11.8 Å². The van der Waals surface area contributed by atoms with Crippen LogP contribution < -0.4 is 4.90 Å². The molecular formula is C19H26N2O2. The Labute approximate surface area is 138 Å². The SMILES string of the molecule is CN(CCN(C(=O)C1CCC1)c1ccccc1)C(=O)C1CCC1. The van der Waals surface area contributed by atoms with Crippen molar-refractivity contribution in [2.45, 2.75) is 38.5 Å². The maximum atomic E-state index is 12.7. The molecule has 0 saturated heterocycles. The number of benzene rings is 1. The number of hydrogen-bond donors (Lipinski definition) is 0. The Bertz CT molecular complexity index is 550. The van der Waals surface area contributed by atoms with Crippen molar-refractivity contribution in [3.05, 3.63) is 30.3 Å². The average molecular weight is 314 g/mol. The van der Waals surface area contributed by atoms with Crippen LogP contribution in [0.2, 0.25) is 0 Å². The number of anilines is 1. The highest BCUT2D eigenvalue weighted by Crippen LogP contribution is 2.30. The number of carbonyl (C=O) groups is 2. The number of carbonyl (C=O) groups excluding carboxylic acids is 2. The molecule has 2 saturated carbocycles. The molecule has 1 aromatic carbocycles. The number of para-hydroxylation sites is 1. The van der Waals surface area contributed by atoms with Gasteiger partial charge >= 0.3 is 0 Å². The molecule has 2 aliphatic rings. The van der Waals surface area contributed by atoms with Crippen LogP contribution in [0.15, 0.2) is 30.3 Å². The molecule has 0 heterocycles. The van der Waals surface area contributed by atoms with Gasteiger partial charge < -0.3 is 9.80 Å². The van der Waals surface area contributed by atoms with E-state index in [2.05, 4.69) is 0 Å². The molecule has 0 bridgehead atoms. The van der Waals surface area contributed by atoms with E-state index in [4.69, 9.17) is 0 Å². The summed E-state index contributed by atoms with van der Waals surface area (Å²) in [5.74, 6) is 0.836. The van der Waals surface area contributed by atoms with Crippen LogP contribution in [0.25, 0.3) is 0 Å². The third kappa shape index (κ3) is 3.57. The van der Waals surface area contributed by atoms with E-state index in [1.165, 1.54) is 6.42 Å². The van der Waals surface area contributed by atoms with Gasteiger partial charge in [-0.1, -0.05) is 31.0 Å². The highest BCUT2D eigenvalue weighted by atomic mass is 16.2. The Hall–Kier alpha value is -1.84. The summed E-state index contributed by atoms with van der Waals surface area (Å²) in [6.07, 6.45) is 6.36. The summed E-state index contributed by atoms with van der Waals surface area (Å²) in [6.45, 7) is 1.18. The lowest BCUT2D eigenvalue weighted by Crippen LogP contribution is -2.45. The zero-order chi connectivity index (χ0) is 16.2. The lowest BCUT2D eigenvalue weighted by Gasteiger charge is -2.34. The van der Waals surface area contributed by atoms with Gasteiger partial charge in [-0.3, -0.25) is 9.59 Å². The molecule has 0 aromatic heterocycles. The first kappa shape index (κ1) is 16.0. The quantitative estimate of drug-likeness (QED) is 0.809. The summed E-state index contributed by atoms with van der Waals surface area (Å²) in [5.41, 5.74) is 0.939. The first-order valence-electron chi connectivity index (χ1n) is 8.78. The molecule has 4 nitrogen and oxygen atoms in total. The number of likely N-dealkylation sites (N-methyl/N-ethyl adjacent to an activating group) is 1. The summed E-state index contributed by atoms with van der Waals surface area (Å²) >= 11 is 0. The van der Waals surface area contributed by atoms with Crippen LogP contribution in [0.5, 0.6) is 0 Å². The van der Waals surface area contributed by atoms with Crippen molar-refractivity contribution in [3.63, 3.8) is 0 Å². The van der Waals surface area contributed by atoms with E-state index < -0.39 is 0 Å². The normalized spacial score (nSPS) is 18.0. The zero-order valence-corrected chi connectivity index (χ0v) is 13.9. The number of amides is 2. The first-order chi connectivity index (χ1) is 11.2. The summed E-state index contributed by atoms with van der Waals surface area (Å²) in [6, 6.07) is 9.83. The van der Waals surface area contributed by atoms with Crippen LogP contribution in [0.3, 0.4) is 0 Å². The molecule has 0 aliphatic heterocycles. The van der Waals surface area contributed by atoms with Crippen molar-refractivity contribution in [1.29, 1.82) is 0 Å². The van der Waals surface area contributed by atoms with Gasteiger partial charge in [-0.25, -0.2) is 0 Å². The Morgan fingerprint density at radius 2 is 1.48 bits per heavy atom. The van der Waals surface area contributed by atoms with Crippen LogP contribution in [0.4, 0.5) is 5.69 Å². The smallest absolute Gasteiger partial charge is 0.230 e. The number of rotatable bonds is 6. The molecule has 3 rings (SSSR count). The highest BCUT2D eigenvalue weighted by molar-refractivity contribution is 5.95. The molecule has 0 radical (unpaired) electrons. The van der Waals surface area contributed by atoms with Gasteiger partial charge in [0, 0.05) is 37.7 Å².